The Morgan fingerprint density at radius 2 is 2.07 bits per heavy atom. The summed E-state index contributed by atoms with van der Waals surface area (Å²) < 4.78 is 0. The maximum Gasteiger partial charge on any atom is 0.249 e. The highest BCUT2D eigenvalue weighted by Crippen LogP contribution is 2.19. The van der Waals surface area contributed by atoms with Gasteiger partial charge in [-0.2, -0.15) is 0 Å². The normalized spacial score (nSPS) is 12.4. The van der Waals surface area contributed by atoms with Gasteiger partial charge in [0.1, 0.15) is 0 Å². The topological polar surface area (TPSA) is 83.6 Å². The molecule has 0 saturated carbocycles. The third kappa shape index (κ3) is 2.31. The number of rotatable bonds is 4. The molecule has 14 heavy (non-hydrogen) atoms. The van der Waals surface area contributed by atoms with E-state index in [2.05, 4.69) is 0 Å². The lowest BCUT2D eigenvalue weighted by Gasteiger charge is -2.12. The maximum absolute atomic E-state index is 11.0. The molecule has 0 saturated heterocycles. The number of carbonyl (C=O) groups excluding carboxylic acids is 1. The number of primary amides is 1. The van der Waals surface area contributed by atoms with E-state index >= 15 is 0 Å². The van der Waals surface area contributed by atoms with Gasteiger partial charge < -0.3 is 15.9 Å². The standard InChI is InChI=1S/C10H13NO3/c11-10(14)8-4-2-1-3-7(8)9(13)5-6-12/h1-4,9,12-13H,5-6H2,(H2,11,14). The van der Waals surface area contributed by atoms with Crippen LogP contribution in [0.3, 0.4) is 0 Å². The highest BCUT2D eigenvalue weighted by Gasteiger charge is 2.14. The first-order valence-electron chi connectivity index (χ1n) is 4.34. The van der Waals surface area contributed by atoms with E-state index in [0.29, 0.717) is 11.1 Å². The Morgan fingerprint density at radius 1 is 1.43 bits per heavy atom. The van der Waals surface area contributed by atoms with Crippen LogP contribution in [-0.4, -0.2) is 22.7 Å². The molecule has 0 aliphatic carbocycles. The van der Waals surface area contributed by atoms with Crippen LogP contribution in [0.4, 0.5) is 0 Å². The quantitative estimate of drug-likeness (QED) is 0.641. The van der Waals surface area contributed by atoms with Crippen LogP contribution >= 0.6 is 0 Å². The maximum atomic E-state index is 11.0. The molecule has 1 aromatic carbocycles. The second kappa shape index (κ2) is 4.74. The molecular weight excluding hydrogens is 182 g/mol. The van der Waals surface area contributed by atoms with Crippen LogP contribution in [0.15, 0.2) is 24.3 Å². The van der Waals surface area contributed by atoms with E-state index in [1.54, 1.807) is 24.3 Å². The van der Waals surface area contributed by atoms with E-state index in [0.717, 1.165) is 0 Å². The lowest BCUT2D eigenvalue weighted by Crippen LogP contribution is -2.15. The molecule has 1 rings (SSSR count). The number of aliphatic hydroxyl groups is 2. The van der Waals surface area contributed by atoms with Crippen molar-refractivity contribution in [2.75, 3.05) is 6.61 Å². The van der Waals surface area contributed by atoms with Crippen LogP contribution in [0, 0.1) is 0 Å². The molecule has 4 N–H and O–H groups in total. The number of carbonyl (C=O) groups is 1. The summed E-state index contributed by atoms with van der Waals surface area (Å²) in [4.78, 5) is 11.0. The van der Waals surface area contributed by atoms with E-state index in [1.807, 2.05) is 0 Å². The van der Waals surface area contributed by atoms with Gasteiger partial charge in [0.25, 0.3) is 0 Å². The number of nitrogens with two attached hydrogens (primary N) is 1. The van der Waals surface area contributed by atoms with Crippen LogP contribution < -0.4 is 5.73 Å². The molecule has 0 aliphatic rings. The zero-order valence-electron chi connectivity index (χ0n) is 7.68. The molecule has 0 aliphatic heterocycles. The van der Waals surface area contributed by atoms with Crippen LogP contribution in [0.2, 0.25) is 0 Å². The predicted molar refractivity (Wildman–Crippen MR) is 51.6 cm³/mol. The first-order valence-corrected chi connectivity index (χ1v) is 4.34. The molecule has 0 radical (unpaired) electrons. The van der Waals surface area contributed by atoms with Crippen LogP contribution in [0.1, 0.15) is 28.4 Å². The van der Waals surface area contributed by atoms with Crippen molar-refractivity contribution in [2.24, 2.45) is 5.73 Å². The summed E-state index contributed by atoms with van der Waals surface area (Å²) in [6.45, 7) is -0.131. The van der Waals surface area contributed by atoms with Gasteiger partial charge in [-0.05, 0) is 11.6 Å². The molecule has 0 fully saturated rings. The SMILES string of the molecule is NC(=O)c1ccccc1C(O)CCO. The summed E-state index contributed by atoms with van der Waals surface area (Å²) in [5.74, 6) is -0.572. The molecule has 1 unspecified atom stereocenters. The molecule has 0 spiro atoms. The Hall–Kier alpha value is -1.39. The van der Waals surface area contributed by atoms with Gasteiger partial charge in [0, 0.05) is 18.6 Å². The van der Waals surface area contributed by atoms with Crippen LogP contribution in [-0.2, 0) is 0 Å². The number of benzene rings is 1. The van der Waals surface area contributed by atoms with Gasteiger partial charge >= 0.3 is 0 Å². The molecule has 1 atom stereocenters. The fraction of sp³-hybridized carbons (Fsp3) is 0.300. The largest absolute Gasteiger partial charge is 0.396 e. The third-order valence-electron chi connectivity index (χ3n) is 1.99. The highest BCUT2D eigenvalue weighted by molar-refractivity contribution is 5.94. The molecule has 0 bridgehead atoms. The Bertz CT molecular complexity index is 325. The minimum absolute atomic E-state index is 0.131. The highest BCUT2D eigenvalue weighted by atomic mass is 16.3. The van der Waals surface area contributed by atoms with Crippen molar-refractivity contribution in [1.29, 1.82) is 0 Å². The summed E-state index contributed by atoms with van der Waals surface area (Å²) in [5, 5.41) is 18.2. The van der Waals surface area contributed by atoms with Crippen molar-refractivity contribution in [3.63, 3.8) is 0 Å². The first kappa shape index (κ1) is 10.7. The number of aliphatic hydroxyl groups excluding tert-OH is 2. The molecule has 1 amide bonds. The van der Waals surface area contributed by atoms with Crippen molar-refractivity contribution in [2.45, 2.75) is 12.5 Å². The van der Waals surface area contributed by atoms with E-state index in [1.165, 1.54) is 0 Å². The van der Waals surface area contributed by atoms with E-state index in [-0.39, 0.29) is 13.0 Å². The van der Waals surface area contributed by atoms with Gasteiger partial charge in [-0.3, -0.25) is 4.79 Å². The van der Waals surface area contributed by atoms with Gasteiger partial charge in [-0.25, -0.2) is 0 Å². The van der Waals surface area contributed by atoms with Crippen LogP contribution in [0.5, 0.6) is 0 Å². The second-order valence-corrected chi connectivity index (χ2v) is 2.98. The van der Waals surface area contributed by atoms with Crippen molar-refractivity contribution in [1.82, 2.24) is 0 Å². The van der Waals surface area contributed by atoms with Gasteiger partial charge in [-0.1, -0.05) is 18.2 Å². The molecule has 0 aromatic heterocycles. The van der Waals surface area contributed by atoms with E-state index in [4.69, 9.17) is 10.8 Å². The summed E-state index contributed by atoms with van der Waals surface area (Å²) in [6, 6.07) is 6.57. The molecule has 1 aromatic rings. The first-order chi connectivity index (χ1) is 6.66. The fourth-order valence-electron chi connectivity index (χ4n) is 1.29. The van der Waals surface area contributed by atoms with Gasteiger partial charge in [0.05, 0.1) is 6.10 Å². The lowest BCUT2D eigenvalue weighted by molar-refractivity contribution is 0.0984. The van der Waals surface area contributed by atoms with Gasteiger partial charge in [-0.15, -0.1) is 0 Å². The Kier molecular flexibility index (Phi) is 3.62. The number of hydrogen-bond donors (Lipinski definition) is 3. The van der Waals surface area contributed by atoms with E-state index in [9.17, 15) is 9.90 Å². The summed E-state index contributed by atoms with van der Waals surface area (Å²) >= 11 is 0. The fourth-order valence-corrected chi connectivity index (χ4v) is 1.29. The number of amides is 1. The third-order valence-corrected chi connectivity index (χ3v) is 1.99. The van der Waals surface area contributed by atoms with Crippen molar-refractivity contribution < 1.29 is 15.0 Å². The smallest absolute Gasteiger partial charge is 0.249 e. The summed E-state index contributed by atoms with van der Waals surface area (Å²) in [6.07, 6.45) is -0.645. The monoisotopic (exact) mass is 195 g/mol. The Balaban J connectivity index is 3.00. The molecule has 4 nitrogen and oxygen atoms in total. The predicted octanol–water partition coefficient (Wildman–Crippen LogP) is 0.201. The molecular formula is C10H13NO3. The number of hydrogen-bond acceptors (Lipinski definition) is 3. The average molecular weight is 195 g/mol. The molecule has 4 heteroatoms. The zero-order chi connectivity index (χ0) is 10.6. The van der Waals surface area contributed by atoms with Crippen molar-refractivity contribution in [3.05, 3.63) is 35.4 Å². The lowest BCUT2D eigenvalue weighted by atomic mass is 10.0. The molecule has 0 heterocycles. The second-order valence-electron chi connectivity index (χ2n) is 2.98. The van der Waals surface area contributed by atoms with E-state index < -0.39 is 12.0 Å². The van der Waals surface area contributed by atoms with Gasteiger partial charge in [0.15, 0.2) is 0 Å². The van der Waals surface area contributed by atoms with Crippen molar-refractivity contribution in [3.8, 4) is 0 Å². The van der Waals surface area contributed by atoms with Gasteiger partial charge in [0.2, 0.25) is 5.91 Å². The molecule has 76 valence electrons. The Labute approximate surface area is 82.0 Å². The summed E-state index contributed by atoms with van der Waals surface area (Å²) in [5.41, 5.74) is 5.90. The average Bonchev–Trinajstić information content (AvgIpc) is 2.18. The van der Waals surface area contributed by atoms with Crippen LogP contribution in [0.25, 0.3) is 0 Å². The minimum atomic E-state index is -0.844. The zero-order valence-corrected chi connectivity index (χ0v) is 7.68. The van der Waals surface area contributed by atoms with Crippen molar-refractivity contribution >= 4 is 5.91 Å². The Morgan fingerprint density at radius 3 is 2.64 bits per heavy atom. The summed E-state index contributed by atoms with van der Waals surface area (Å²) in [7, 11) is 0. The minimum Gasteiger partial charge on any atom is -0.396 e.